The van der Waals surface area contributed by atoms with E-state index < -0.39 is 0 Å². The van der Waals surface area contributed by atoms with Crippen molar-refractivity contribution in [3.63, 3.8) is 0 Å². The number of rotatable bonds is 5. The average molecular weight is 477 g/mol. The number of benzene rings is 1. The lowest BCUT2D eigenvalue weighted by molar-refractivity contribution is -0.131. The molecule has 0 atom stereocenters. The van der Waals surface area contributed by atoms with Gasteiger partial charge in [0.1, 0.15) is 17.5 Å². The van der Waals surface area contributed by atoms with Crippen LogP contribution in [0.1, 0.15) is 12.2 Å². The summed E-state index contributed by atoms with van der Waals surface area (Å²) in [5.74, 6) is 2.73. The van der Waals surface area contributed by atoms with Gasteiger partial charge in [0, 0.05) is 71.4 Å². The number of likely N-dealkylation sites (N-methyl/N-ethyl adjacent to an activating group) is 1. The Balaban J connectivity index is 1.18. The minimum Gasteiger partial charge on any atom is -0.354 e. The van der Waals surface area contributed by atoms with E-state index in [0.717, 1.165) is 56.7 Å². The lowest BCUT2D eigenvalue weighted by Crippen LogP contribution is -2.49. The molecule has 0 saturated carbocycles. The quantitative estimate of drug-likeness (QED) is 0.539. The molecule has 0 N–H and O–H groups in total. The lowest BCUT2D eigenvalue weighted by atomic mass is 10.2. The van der Waals surface area contributed by atoms with Crippen LogP contribution in [0, 0.1) is 6.92 Å². The molecule has 0 spiro atoms. The molecule has 10 nitrogen and oxygen atoms in total. The molecule has 3 aromatic rings. The number of carbonyl (C=O) groups is 1. The molecule has 4 heterocycles. The number of nitrogens with zero attached hydrogens (tertiary/aromatic N) is 8. The number of carbonyl (C=O) groups excluding carboxylic acids is 1. The molecule has 0 radical (unpaired) electrons. The summed E-state index contributed by atoms with van der Waals surface area (Å²) in [5.41, 5.74) is 0.565. The second-order valence-corrected chi connectivity index (χ2v) is 9.30. The molecule has 2 saturated heterocycles. The van der Waals surface area contributed by atoms with E-state index >= 15 is 0 Å². The van der Waals surface area contributed by atoms with Gasteiger partial charge in [0.2, 0.25) is 5.91 Å². The Hall–Kier alpha value is -3.53. The largest absolute Gasteiger partial charge is 0.354 e. The summed E-state index contributed by atoms with van der Waals surface area (Å²) in [6.07, 6.45) is 1.81. The number of anilines is 2. The van der Waals surface area contributed by atoms with Gasteiger partial charge in [-0.05, 0) is 26.1 Å². The number of para-hydroxylation sites is 1. The number of aryl methyl sites for hydroxylation is 2. The van der Waals surface area contributed by atoms with Crippen molar-refractivity contribution in [2.45, 2.75) is 19.9 Å². The third-order valence-corrected chi connectivity index (χ3v) is 6.89. The number of fused-ring (bicyclic) bond motifs is 1. The first-order chi connectivity index (χ1) is 17.0. The topological polar surface area (TPSA) is 90.7 Å². The van der Waals surface area contributed by atoms with Crippen LogP contribution in [0.25, 0.3) is 10.9 Å². The molecule has 10 heteroatoms. The normalized spacial score (nSPS) is 17.3. The Bertz CT molecular complexity index is 1260. The summed E-state index contributed by atoms with van der Waals surface area (Å²) in [6, 6.07) is 9.35. The summed E-state index contributed by atoms with van der Waals surface area (Å²) in [7, 11) is 2.14. The Morgan fingerprint density at radius 2 is 1.54 bits per heavy atom. The molecule has 2 aliphatic rings. The summed E-state index contributed by atoms with van der Waals surface area (Å²) in [4.78, 5) is 48.0. The lowest BCUT2D eigenvalue weighted by Gasteiger charge is -2.37. The van der Waals surface area contributed by atoms with Crippen LogP contribution in [0.15, 0.2) is 41.5 Å². The highest BCUT2D eigenvalue weighted by Gasteiger charge is 2.24. The first-order valence-corrected chi connectivity index (χ1v) is 12.2. The standard InChI is InChI=1S/C25H32N8O2/c1-19-27-22(30-11-9-29(2)10-12-30)17-23(28-19)31-13-15-32(16-14-31)24(34)7-8-33-18-26-21-6-4-3-5-20(21)25(33)35/h3-6,17-18H,7-16H2,1-2H3. The Labute approximate surface area is 204 Å². The van der Waals surface area contributed by atoms with Gasteiger partial charge in [0.05, 0.1) is 17.2 Å². The van der Waals surface area contributed by atoms with Gasteiger partial charge in [0.25, 0.3) is 5.56 Å². The van der Waals surface area contributed by atoms with Crippen LogP contribution in [-0.2, 0) is 11.3 Å². The van der Waals surface area contributed by atoms with Crippen molar-refractivity contribution >= 4 is 28.4 Å². The van der Waals surface area contributed by atoms with Crippen LogP contribution < -0.4 is 15.4 Å². The third-order valence-electron chi connectivity index (χ3n) is 6.89. The molecule has 5 rings (SSSR count). The van der Waals surface area contributed by atoms with Crippen LogP contribution in [0.3, 0.4) is 0 Å². The molecule has 1 aromatic carbocycles. The molecule has 35 heavy (non-hydrogen) atoms. The van der Waals surface area contributed by atoms with Crippen LogP contribution >= 0.6 is 0 Å². The van der Waals surface area contributed by atoms with Gasteiger partial charge >= 0.3 is 0 Å². The highest BCUT2D eigenvalue weighted by atomic mass is 16.2. The number of piperazine rings is 2. The highest BCUT2D eigenvalue weighted by Crippen LogP contribution is 2.21. The molecule has 184 valence electrons. The fourth-order valence-corrected chi connectivity index (χ4v) is 4.72. The van der Waals surface area contributed by atoms with Crippen molar-refractivity contribution in [3.8, 4) is 0 Å². The Kier molecular flexibility index (Phi) is 6.63. The van der Waals surface area contributed by atoms with Gasteiger partial charge in [-0.2, -0.15) is 0 Å². The van der Waals surface area contributed by atoms with Crippen molar-refractivity contribution in [1.29, 1.82) is 0 Å². The zero-order valence-electron chi connectivity index (χ0n) is 20.4. The molecular weight excluding hydrogens is 444 g/mol. The molecule has 1 amide bonds. The molecule has 2 aromatic heterocycles. The summed E-state index contributed by atoms with van der Waals surface area (Å²) >= 11 is 0. The molecule has 0 aliphatic carbocycles. The smallest absolute Gasteiger partial charge is 0.261 e. The summed E-state index contributed by atoms with van der Waals surface area (Å²) in [5, 5.41) is 0.576. The maximum Gasteiger partial charge on any atom is 0.261 e. The van der Waals surface area contributed by atoms with E-state index in [1.807, 2.05) is 30.0 Å². The second kappa shape index (κ2) is 9.99. The Morgan fingerprint density at radius 1 is 0.914 bits per heavy atom. The highest BCUT2D eigenvalue weighted by molar-refractivity contribution is 5.78. The van der Waals surface area contributed by atoms with Gasteiger partial charge in [-0.3, -0.25) is 14.2 Å². The number of hydrogen-bond donors (Lipinski definition) is 0. The first kappa shape index (κ1) is 23.2. The van der Waals surface area contributed by atoms with E-state index in [1.54, 1.807) is 6.07 Å². The van der Waals surface area contributed by atoms with Crippen molar-refractivity contribution in [2.24, 2.45) is 0 Å². The Morgan fingerprint density at radius 3 is 2.23 bits per heavy atom. The maximum atomic E-state index is 12.9. The van der Waals surface area contributed by atoms with Crippen molar-refractivity contribution in [3.05, 3.63) is 52.8 Å². The fourth-order valence-electron chi connectivity index (χ4n) is 4.72. The molecule has 0 bridgehead atoms. The fraction of sp³-hybridized carbons (Fsp3) is 0.480. The van der Waals surface area contributed by atoms with Crippen LogP contribution in [0.2, 0.25) is 0 Å². The average Bonchev–Trinajstić information content (AvgIpc) is 2.88. The van der Waals surface area contributed by atoms with E-state index in [-0.39, 0.29) is 17.9 Å². The van der Waals surface area contributed by atoms with Crippen molar-refractivity contribution in [1.82, 2.24) is 29.3 Å². The van der Waals surface area contributed by atoms with E-state index in [2.05, 4.69) is 42.8 Å². The van der Waals surface area contributed by atoms with E-state index in [4.69, 9.17) is 0 Å². The number of amides is 1. The van der Waals surface area contributed by atoms with Crippen molar-refractivity contribution < 1.29 is 4.79 Å². The second-order valence-electron chi connectivity index (χ2n) is 9.30. The number of hydrogen-bond acceptors (Lipinski definition) is 8. The van der Waals surface area contributed by atoms with E-state index in [9.17, 15) is 9.59 Å². The van der Waals surface area contributed by atoms with Gasteiger partial charge in [0.15, 0.2) is 0 Å². The molecular formula is C25H32N8O2. The molecule has 0 unspecified atom stereocenters. The predicted molar refractivity (Wildman–Crippen MR) is 136 cm³/mol. The SMILES string of the molecule is Cc1nc(N2CCN(C)CC2)cc(N2CCN(C(=O)CCn3cnc4ccccc4c3=O)CC2)n1. The third kappa shape index (κ3) is 5.12. The van der Waals surface area contributed by atoms with Gasteiger partial charge in [-0.15, -0.1) is 0 Å². The van der Waals surface area contributed by atoms with E-state index in [0.29, 0.717) is 30.5 Å². The monoisotopic (exact) mass is 476 g/mol. The maximum absolute atomic E-state index is 12.9. The molecule has 2 aliphatic heterocycles. The van der Waals surface area contributed by atoms with Gasteiger partial charge in [-0.1, -0.05) is 12.1 Å². The van der Waals surface area contributed by atoms with Gasteiger partial charge < -0.3 is 19.6 Å². The van der Waals surface area contributed by atoms with E-state index in [1.165, 1.54) is 10.9 Å². The number of aromatic nitrogens is 4. The van der Waals surface area contributed by atoms with Crippen LogP contribution in [0.5, 0.6) is 0 Å². The van der Waals surface area contributed by atoms with Gasteiger partial charge in [-0.25, -0.2) is 15.0 Å². The minimum absolute atomic E-state index is 0.0571. The zero-order chi connectivity index (χ0) is 24.4. The first-order valence-electron chi connectivity index (χ1n) is 12.2. The minimum atomic E-state index is -0.108. The predicted octanol–water partition coefficient (Wildman–Crippen LogP) is 0.986. The van der Waals surface area contributed by atoms with Crippen LogP contribution in [-0.4, -0.2) is 94.6 Å². The summed E-state index contributed by atoms with van der Waals surface area (Å²) in [6.45, 7) is 8.97. The summed E-state index contributed by atoms with van der Waals surface area (Å²) < 4.78 is 1.53. The van der Waals surface area contributed by atoms with Crippen molar-refractivity contribution in [2.75, 3.05) is 69.2 Å². The zero-order valence-corrected chi connectivity index (χ0v) is 20.4. The van der Waals surface area contributed by atoms with Crippen LogP contribution in [0.4, 0.5) is 11.6 Å². The molecule has 2 fully saturated rings.